The van der Waals surface area contributed by atoms with E-state index in [9.17, 15) is 4.79 Å². The number of nitrogens with one attached hydrogen (secondary N) is 1. The average molecular weight is 352 g/mol. The Morgan fingerprint density at radius 1 is 1.23 bits per heavy atom. The molecule has 1 N–H and O–H groups in total. The molecule has 0 saturated carbocycles. The highest BCUT2D eigenvalue weighted by molar-refractivity contribution is 5.77. The second-order valence-electron chi connectivity index (χ2n) is 7.69. The van der Waals surface area contributed by atoms with Crippen LogP contribution in [0.4, 0.5) is 0 Å². The van der Waals surface area contributed by atoms with E-state index >= 15 is 0 Å². The first kappa shape index (κ1) is 17.3. The van der Waals surface area contributed by atoms with Crippen molar-refractivity contribution in [2.45, 2.75) is 45.2 Å². The van der Waals surface area contributed by atoms with Crippen molar-refractivity contribution in [2.24, 2.45) is 5.92 Å². The molecular formula is C21H28N4O. The number of benzene rings is 1. The van der Waals surface area contributed by atoms with Crippen molar-refractivity contribution in [1.82, 2.24) is 19.8 Å². The fourth-order valence-electron chi connectivity index (χ4n) is 4.51. The number of H-pyrrole nitrogens is 1. The van der Waals surface area contributed by atoms with Crippen molar-refractivity contribution in [3.63, 3.8) is 0 Å². The van der Waals surface area contributed by atoms with Crippen LogP contribution in [0.5, 0.6) is 0 Å². The Labute approximate surface area is 155 Å². The van der Waals surface area contributed by atoms with Gasteiger partial charge in [0.25, 0.3) is 0 Å². The highest BCUT2D eigenvalue weighted by Gasteiger charge is 2.39. The normalized spacial score (nSPS) is 23.9. The number of amides is 1. The Morgan fingerprint density at radius 2 is 2.08 bits per heavy atom. The predicted molar refractivity (Wildman–Crippen MR) is 102 cm³/mol. The number of aromatic nitrogens is 2. The molecule has 0 spiro atoms. The number of aryl methyl sites for hydroxylation is 1. The topological polar surface area (TPSA) is 52.2 Å². The van der Waals surface area contributed by atoms with Crippen LogP contribution < -0.4 is 0 Å². The summed E-state index contributed by atoms with van der Waals surface area (Å²) in [6.07, 6.45) is 5.54. The highest BCUT2D eigenvalue weighted by atomic mass is 16.2. The van der Waals surface area contributed by atoms with Crippen LogP contribution in [0.15, 0.2) is 36.7 Å². The lowest BCUT2D eigenvalue weighted by Crippen LogP contribution is -2.56. The maximum Gasteiger partial charge on any atom is 0.222 e. The van der Waals surface area contributed by atoms with Crippen molar-refractivity contribution in [3.8, 4) is 0 Å². The minimum atomic E-state index is 0.346. The lowest BCUT2D eigenvalue weighted by Gasteiger charge is -2.47. The molecule has 0 radical (unpaired) electrons. The third-order valence-electron chi connectivity index (χ3n) is 6.02. The standard InChI is InChI=1S/C21H28N4O/c1-16-19(23-15-22-16)14-24-11-10-20-18(13-24)7-8-21(26)25(20)12-9-17-5-3-2-4-6-17/h2-6,15,18,20H,7-14H2,1H3,(H,22,23)/t18-,20+/m0/s1. The van der Waals surface area contributed by atoms with Crippen LogP contribution in [0.3, 0.4) is 0 Å². The molecule has 5 heteroatoms. The van der Waals surface area contributed by atoms with Crippen LogP contribution in [-0.4, -0.2) is 51.4 Å². The first-order valence-corrected chi connectivity index (χ1v) is 9.75. The number of imidazole rings is 1. The predicted octanol–water partition coefficient (Wildman–Crippen LogP) is 2.77. The van der Waals surface area contributed by atoms with Crippen LogP contribution in [0.1, 0.15) is 36.2 Å². The molecule has 2 atom stereocenters. The van der Waals surface area contributed by atoms with Crippen molar-refractivity contribution < 1.29 is 4.79 Å². The summed E-state index contributed by atoms with van der Waals surface area (Å²) in [6, 6.07) is 10.9. The smallest absolute Gasteiger partial charge is 0.222 e. The lowest BCUT2D eigenvalue weighted by atomic mass is 9.83. The number of fused-ring (bicyclic) bond motifs is 1. The monoisotopic (exact) mass is 352 g/mol. The van der Waals surface area contributed by atoms with Crippen LogP contribution >= 0.6 is 0 Å². The zero-order chi connectivity index (χ0) is 17.9. The van der Waals surface area contributed by atoms with Gasteiger partial charge in [0, 0.05) is 44.3 Å². The summed E-state index contributed by atoms with van der Waals surface area (Å²) in [5.41, 5.74) is 3.63. The molecule has 1 amide bonds. The Hall–Kier alpha value is -2.14. The molecule has 138 valence electrons. The van der Waals surface area contributed by atoms with E-state index in [1.165, 1.54) is 5.56 Å². The number of hydrogen-bond donors (Lipinski definition) is 1. The van der Waals surface area contributed by atoms with E-state index in [0.717, 1.165) is 56.8 Å². The molecule has 2 fully saturated rings. The lowest BCUT2D eigenvalue weighted by molar-refractivity contribution is -0.141. The van der Waals surface area contributed by atoms with E-state index in [2.05, 4.69) is 51.0 Å². The fourth-order valence-corrected chi connectivity index (χ4v) is 4.51. The third-order valence-corrected chi connectivity index (χ3v) is 6.02. The summed E-state index contributed by atoms with van der Waals surface area (Å²) >= 11 is 0. The summed E-state index contributed by atoms with van der Waals surface area (Å²) in [5.74, 6) is 0.940. The summed E-state index contributed by atoms with van der Waals surface area (Å²) in [6.45, 7) is 5.97. The van der Waals surface area contributed by atoms with Gasteiger partial charge in [-0.1, -0.05) is 30.3 Å². The van der Waals surface area contributed by atoms with Gasteiger partial charge in [0.05, 0.1) is 12.0 Å². The Balaban J connectivity index is 1.38. The number of aromatic amines is 1. The fraction of sp³-hybridized carbons (Fsp3) is 0.524. The minimum absolute atomic E-state index is 0.346. The van der Waals surface area contributed by atoms with E-state index in [1.807, 2.05) is 6.07 Å². The van der Waals surface area contributed by atoms with Gasteiger partial charge in [-0.25, -0.2) is 4.98 Å². The van der Waals surface area contributed by atoms with E-state index in [4.69, 9.17) is 0 Å². The minimum Gasteiger partial charge on any atom is -0.348 e. The zero-order valence-corrected chi connectivity index (χ0v) is 15.5. The SMILES string of the molecule is Cc1[nH]cnc1CN1CC[C@@H]2[C@@H](CCC(=O)N2CCc2ccccc2)C1. The Bertz CT molecular complexity index is 741. The molecule has 26 heavy (non-hydrogen) atoms. The quantitative estimate of drug-likeness (QED) is 0.900. The van der Waals surface area contributed by atoms with E-state index in [-0.39, 0.29) is 0 Å². The van der Waals surface area contributed by atoms with E-state index < -0.39 is 0 Å². The summed E-state index contributed by atoms with van der Waals surface area (Å²) in [7, 11) is 0. The van der Waals surface area contributed by atoms with Crippen LogP contribution in [0, 0.1) is 12.8 Å². The van der Waals surface area contributed by atoms with E-state index in [1.54, 1.807) is 6.33 Å². The maximum absolute atomic E-state index is 12.6. The molecule has 0 aliphatic carbocycles. The van der Waals surface area contributed by atoms with Gasteiger partial charge in [0.15, 0.2) is 0 Å². The molecule has 0 bridgehead atoms. The Kier molecular flexibility index (Phi) is 5.07. The number of piperidine rings is 2. The van der Waals surface area contributed by atoms with Crippen LogP contribution in [0.2, 0.25) is 0 Å². The maximum atomic E-state index is 12.6. The van der Waals surface area contributed by atoms with Gasteiger partial charge in [-0.2, -0.15) is 0 Å². The van der Waals surface area contributed by atoms with Crippen LogP contribution in [-0.2, 0) is 17.8 Å². The number of carbonyl (C=O) groups is 1. The van der Waals surface area contributed by atoms with Gasteiger partial charge >= 0.3 is 0 Å². The molecule has 2 aliphatic rings. The number of likely N-dealkylation sites (tertiary alicyclic amines) is 2. The third kappa shape index (κ3) is 3.68. The van der Waals surface area contributed by atoms with Crippen molar-refractivity contribution >= 4 is 5.91 Å². The number of hydrogen-bond acceptors (Lipinski definition) is 3. The summed E-state index contributed by atoms with van der Waals surface area (Å²) < 4.78 is 0. The first-order valence-electron chi connectivity index (χ1n) is 9.75. The molecular weight excluding hydrogens is 324 g/mol. The number of carbonyl (C=O) groups excluding carboxylic acids is 1. The van der Waals surface area contributed by atoms with Gasteiger partial charge in [0.2, 0.25) is 5.91 Å². The molecule has 2 saturated heterocycles. The molecule has 1 aromatic carbocycles. The Morgan fingerprint density at radius 3 is 2.85 bits per heavy atom. The number of nitrogens with zero attached hydrogens (tertiary/aromatic N) is 3. The summed E-state index contributed by atoms with van der Waals surface area (Å²) in [4.78, 5) is 24.9. The largest absolute Gasteiger partial charge is 0.348 e. The molecule has 0 unspecified atom stereocenters. The summed E-state index contributed by atoms with van der Waals surface area (Å²) in [5, 5.41) is 0. The average Bonchev–Trinajstić information content (AvgIpc) is 3.06. The van der Waals surface area contributed by atoms with Crippen molar-refractivity contribution in [3.05, 3.63) is 53.6 Å². The number of rotatable bonds is 5. The molecule has 1 aromatic heterocycles. The second-order valence-corrected chi connectivity index (χ2v) is 7.69. The van der Waals surface area contributed by atoms with Crippen molar-refractivity contribution in [2.75, 3.05) is 19.6 Å². The molecule has 5 nitrogen and oxygen atoms in total. The van der Waals surface area contributed by atoms with Gasteiger partial charge in [-0.3, -0.25) is 9.69 Å². The molecule has 3 heterocycles. The molecule has 2 aromatic rings. The highest BCUT2D eigenvalue weighted by Crippen LogP contribution is 2.32. The first-order chi connectivity index (χ1) is 12.7. The van der Waals surface area contributed by atoms with Gasteiger partial charge in [0.1, 0.15) is 0 Å². The second kappa shape index (κ2) is 7.62. The van der Waals surface area contributed by atoms with Crippen LogP contribution in [0.25, 0.3) is 0 Å². The van der Waals surface area contributed by atoms with Gasteiger partial charge in [-0.05, 0) is 37.7 Å². The van der Waals surface area contributed by atoms with Crippen molar-refractivity contribution in [1.29, 1.82) is 0 Å². The molecule has 4 rings (SSSR count). The van der Waals surface area contributed by atoms with E-state index in [0.29, 0.717) is 24.3 Å². The zero-order valence-electron chi connectivity index (χ0n) is 15.5. The van der Waals surface area contributed by atoms with Gasteiger partial charge in [-0.15, -0.1) is 0 Å². The van der Waals surface area contributed by atoms with Gasteiger partial charge < -0.3 is 9.88 Å². The molecule has 2 aliphatic heterocycles.